The standard InChI is InChI=1S/C18H30N2/c1-17(2)11-15(12-18(3,4)13-17)19-14-7-9-16(10-8-14)20(5)6/h7-10,15,19H,11-13H2,1-6H3. The van der Waals surface area contributed by atoms with Gasteiger partial charge in [-0.05, 0) is 54.4 Å². The fourth-order valence-electron chi connectivity index (χ4n) is 4.04. The summed E-state index contributed by atoms with van der Waals surface area (Å²) in [7, 11) is 4.16. The summed E-state index contributed by atoms with van der Waals surface area (Å²) < 4.78 is 0. The van der Waals surface area contributed by atoms with Crippen molar-refractivity contribution in [1.29, 1.82) is 0 Å². The van der Waals surface area contributed by atoms with Crippen molar-refractivity contribution in [2.75, 3.05) is 24.3 Å². The van der Waals surface area contributed by atoms with E-state index in [1.165, 1.54) is 30.6 Å². The summed E-state index contributed by atoms with van der Waals surface area (Å²) >= 11 is 0. The second kappa shape index (κ2) is 5.31. The molecule has 20 heavy (non-hydrogen) atoms. The summed E-state index contributed by atoms with van der Waals surface area (Å²) in [6.45, 7) is 9.60. The lowest BCUT2D eigenvalue weighted by Crippen LogP contribution is -2.40. The van der Waals surface area contributed by atoms with Gasteiger partial charge in [0.15, 0.2) is 0 Å². The molecule has 2 rings (SSSR count). The van der Waals surface area contributed by atoms with Crippen LogP contribution >= 0.6 is 0 Å². The van der Waals surface area contributed by atoms with Crippen molar-refractivity contribution in [1.82, 2.24) is 0 Å². The molecule has 0 aliphatic heterocycles. The summed E-state index contributed by atoms with van der Waals surface area (Å²) in [5.74, 6) is 0. The molecule has 1 aromatic carbocycles. The fraction of sp³-hybridized carbons (Fsp3) is 0.667. The van der Waals surface area contributed by atoms with Crippen LogP contribution in [0.25, 0.3) is 0 Å². The van der Waals surface area contributed by atoms with Gasteiger partial charge in [-0.2, -0.15) is 0 Å². The Morgan fingerprint density at radius 3 is 1.90 bits per heavy atom. The van der Waals surface area contributed by atoms with E-state index in [4.69, 9.17) is 0 Å². The van der Waals surface area contributed by atoms with Gasteiger partial charge in [0.25, 0.3) is 0 Å². The first-order chi connectivity index (χ1) is 9.17. The van der Waals surface area contributed by atoms with Gasteiger partial charge >= 0.3 is 0 Å². The molecule has 2 nitrogen and oxygen atoms in total. The van der Waals surface area contributed by atoms with Crippen molar-refractivity contribution >= 4 is 11.4 Å². The topological polar surface area (TPSA) is 15.3 Å². The number of benzene rings is 1. The van der Waals surface area contributed by atoms with Crippen molar-refractivity contribution < 1.29 is 0 Å². The van der Waals surface area contributed by atoms with Crippen molar-refractivity contribution in [2.45, 2.75) is 53.0 Å². The molecule has 1 aliphatic carbocycles. The van der Waals surface area contributed by atoms with Crippen LogP contribution in [0.15, 0.2) is 24.3 Å². The van der Waals surface area contributed by atoms with Crippen LogP contribution in [0.5, 0.6) is 0 Å². The zero-order chi connectivity index (χ0) is 15.0. The van der Waals surface area contributed by atoms with E-state index in [0.717, 1.165) is 0 Å². The molecule has 1 aliphatic rings. The highest BCUT2D eigenvalue weighted by atomic mass is 15.1. The molecule has 112 valence electrons. The second-order valence-electron chi connectivity index (χ2n) is 8.20. The fourth-order valence-corrected chi connectivity index (χ4v) is 4.04. The van der Waals surface area contributed by atoms with Gasteiger partial charge in [0.05, 0.1) is 0 Å². The lowest BCUT2D eigenvalue weighted by Gasteiger charge is -2.45. The average Bonchev–Trinajstić information content (AvgIpc) is 2.25. The lowest BCUT2D eigenvalue weighted by atomic mass is 9.63. The third-order valence-electron chi connectivity index (χ3n) is 4.31. The highest BCUT2D eigenvalue weighted by Crippen LogP contribution is 2.46. The molecular weight excluding hydrogens is 244 g/mol. The zero-order valence-electron chi connectivity index (χ0n) is 14.0. The van der Waals surface area contributed by atoms with E-state index < -0.39 is 0 Å². The molecule has 0 amide bonds. The number of hydrogen-bond acceptors (Lipinski definition) is 2. The van der Waals surface area contributed by atoms with Gasteiger partial charge in [0, 0.05) is 31.5 Å². The third kappa shape index (κ3) is 3.91. The van der Waals surface area contributed by atoms with Crippen LogP contribution < -0.4 is 10.2 Å². The summed E-state index contributed by atoms with van der Waals surface area (Å²) in [6, 6.07) is 9.34. The Labute approximate surface area is 124 Å². The minimum absolute atomic E-state index is 0.434. The Morgan fingerprint density at radius 2 is 1.45 bits per heavy atom. The monoisotopic (exact) mass is 274 g/mol. The van der Waals surface area contributed by atoms with E-state index in [9.17, 15) is 0 Å². The SMILES string of the molecule is CN(C)c1ccc(NC2CC(C)(C)CC(C)(C)C2)cc1. The molecule has 0 radical (unpaired) electrons. The molecule has 0 saturated heterocycles. The molecule has 0 aromatic heterocycles. The van der Waals surface area contributed by atoms with Crippen molar-refractivity contribution in [3.8, 4) is 0 Å². The third-order valence-corrected chi connectivity index (χ3v) is 4.31. The maximum atomic E-state index is 3.74. The predicted octanol–water partition coefficient (Wildman–Crippen LogP) is 4.77. The molecule has 1 N–H and O–H groups in total. The number of anilines is 2. The van der Waals surface area contributed by atoms with Gasteiger partial charge in [-0.1, -0.05) is 27.7 Å². The van der Waals surface area contributed by atoms with Crippen LogP contribution in [-0.4, -0.2) is 20.1 Å². The first-order valence-electron chi connectivity index (χ1n) is 7.71. The van der Waals surface area contributed by atoms with Crippen molar-refractivity contribution in [3.63, 3.8) is 0 Å². The highest BCUT2D eigenvalue weighted by Gasteiger charge is 2.38. The summed E-state index contributed by atoms with van der Waals surface area (Å²) in [4.78, 5) is 2.14. The van der Waals surface area contributed by atoms with Gasteiger partial charge < -0.3 is 10.2 Å². The molecule has 0 spiro atoms. The summed E-state index contributed by atoms with van der Waals surface area (Å²) in [5, 5.41) is 3.74. The van der Waals surface area contributed by atoms with Gasteiger partial charge in [-0.3, -0.25) is 0 Å². The lowest BCUT2D eigenvalue weighted by molar-refractivity contribution is 0.105. The van der Waals surface area contributed by atoms with Crippen molar-refractivity contribution in [2.24, 2.45) is 10.8 Å². The van der Waals surface area contributed by atoms with E-state index in [-0.39, 0.29) is 0 Å². The van der Waals surface area contributed by atoms with Crippen LogP contribution in [0.2, 0.25) is 0 Å². The molecule has 0 bridgehead atoms. The molecule has 0 atom stereocenters. The highest BCUT2D eigenvalue weighted by molar-refractivity contribution is 5.54. The Kier molecular flexibility index (Phi) is 4.04. The minimum atomic E-state index is 0.434. The number of nitrogens with zero attached hydrogens (tertiary/aromatic N) is 1. The first-order valence-corrected chi connectivity index (χ1v) is 7.71. The van der Waals surface area contributed by atoms with E-state index in [1.54, 1.807) is 0 Å². The smallest absolute Gasteiger partial charge is 0.0362 e. The molecule has 0 unspecified atom stereocenters. The van der Waals surface area contributed by atoms with E-state index in [0.29, 0.717) is 16.9 Å². The maximum absolute atomic E-state index is 3.74. The van der Waals surface area contributed by atoms with E-state index in [1.807, 2.05) is 0 Å². The molecule has 1 saturated carbocycles. The normalized spacial score (nSPS) is 21.5. The number of hydrogen-bond donors (Lipinski definition) is 1. The number of rotatable bonds is 3. The Hall–Kier alpha value is -1.18. The summed E-state index contributed by atoms with van der Waals surface area (Å²) in [5.41, 5.74) is 3.36. The predicted molar refractivity (Wildman–Crippen MR) is 89.6 cm³/mol. The molecule has 1 aromatic rings. The van der Waals surface area contributed by atoms with Gasteiger partial charge in [-0.15, -0.1) is 0 Å². The molecule has 0 heterocycles. The van der Waals surface area contributed by atoms with Gasteiger partial charge in [0.1, 0.15) is 0 Å². The Bertz CT molecular complexity index is 427. The van der Waals surface area contributed by atoms with E-state index >= 15 is 0 Å². The zero-order valence-corrected chi connectivity index (χ0v) is 14.0. The quantitative estimate of drug-likeness (QED) is 0.854. The first kappa shape index (κ1) is 15.2. The van der Waals surface area contributed by atoms with Crippen LogP contribution in [0, 0.1) is 10.8 Å². The summed E-state index contributed by atoms with van der Waals surface area (Å²) in [6.07, 6.45) is 3.83. The van der Waals surface area contributed by atoms with Gasteiger partial charge in [-0.25, -0.2) is 0 Å². The van der Waals surface area contributed by atoms with Crippen molar-refractivity contribution in [3.05, 3.63) is 24.3 Å². The average molecular weight is 274 g/mol. The second-order valence-corrected chi connectivity index (χ2v) is 8.20. The Morgan fingerprint density at radius 1 is 0.950 bits per heavy atom. The van der Waals surface area contributed by atoms with Crippen LogP contribution in [0.4, 0.5) is 11.4 Å². The van der Waals surface area contributed by atoms with Crippen LogP contribution in [0.1, 0.15) is 47.0 Å². The van der Waals surface area contributed by atoms with Crippen LogP contribution in [0.3, 0.4) is 0 Å². The minimum Gasteiger partial charge on any atom is -0.382 e. The number of nitrogens with one attached hydrogen (secondary N) is 1. The largest absolute Gasteiger partial charge is 0.382 e. The molecular formula is C18H30N2. The van der Waals surface area contributed by atoms with Gasteiger partial charge in [0.2, 0.25) is 0 Å². The molecule has 1 fully saturated rings. The van der Waals surface area contributed by atoms with Crippen LogP contribution in [-0.2, 0) is 0 Å². The Balaban J connectivity index is 2.05. The molecule has 2 heteroatoms. The maximum Gasteiger partial charge on any atom is 0.0362 e. The van der Waals surface area contributed by atoms with E-state index in [2.05, 4.69) is 76.3 Å².